The third-order valence-electron chi connectivity index (χ3n) is 5.29. The summed E-state index contributed by atoms with van der Waals surface area (Å²) in [6, 6.07) is 7.65. The standard InChI is InChI=1S/C18H23N5O2/c1-13(23-12-20-15-6-2-3-7-16(15)23)17(24)21-9-4-5-14(11-21)22-10-8-19-18(22)25/h2-3,6-7,12-14H,4-5,8-11H2,1H3,(H,19,25). The number of hydrogen-bond donors (Lipinski definition) is 1. The van der Waals surface area contributed by atoms with E-state index in [2.05, 4.69) is 10.3 Å². The van der Waals surface area contributed by atoms with Crippen molar-refractivity contribution in [1.29, 1.82) is 0 Å². The Balaban J connectivity index is 1.50. The number of urea groups is 1. The fourth-order valence-electron chi connectivity index (χ4n) is 3.91. The number of para-hydroxylation sites is 2. The lowest BCUT2D eigenvalue weighted by molar-refractivity contribution is -0.136. The summed E-state index contributed by atoms with van der Waals surface area (Å²) in [5.41, 5.74) is 1.86. The van der Waals surface area contributed by atoms with Crippen molar-refractivity contribution in [1.82, 2.24) is 24.7 Å². The number of imidazole rings is 1. The first-order chi connectivity index (χ1) is 12.1. The Morgan fingerprint density at radius 1 is 1.32 bits per heavy atom. The third kappa shape index (κ3) is 2.83. The van der Waals surface area contributed by atoms with Crippen LogP contribution in [-0.4, -0.2) is 63.5 Å². The van der Waals surface area contributed by atoms with Crippen LogP contribution in [0, 0.1) is 0 Å². The predicted molar refractivity (Wildman–Crippen MR) is 94.2 cm³/mol. The van der Waals surface area contributed by atoms with Crippen LogP contribution in [0.1, 0.15) is 25.8 Å². The third-order valence-corrected chi connectivity index (χ3v) is 5.29. The quantitative estimate of drug-likeness (QED) is 0.922. The molecule has 2 fully saturated rings. The Morgan fingerprint density at radius 3 is 2.96 bits per heavy atom. The van der Waals surface area contributed by atoms with E-state index in [1.54, 1.807) is 6.33 Å². The molecule has 1 aromatic carbocycles. The summed E-state index contributed by atoms with van der Waals surface area (Å²) >= 11 is 0. The first kappa shape index (κ1) is 15.9. The van der Waals surface area contributed by atoms with Crippen molar-refractivity contribution < 1.29 is 9.59 Å². The van der Waals surface area contributed by atoms with Crippen molar-refractivity contribution in [2.45, 2.75) is 31.8 Å². The van der Waals surface area contributed by atoms with Crippen molar-refractivity contribution in [3.8, 4) is 0 Å². The highest BCUT2D eigenvalue weighted by molar-refractivity contribution is 5.84. The number of carbonyl (C=O) groups excluding carboxylic acids is 2. The summed E-state index contributed by atoms with van der Waals surface area (Å²) in [5.74, 6) is 0.0902. The molecular formula is C18H23N5O2. The molecule has 2 aliphatic heterocycles. The summed E-state index contributed by atoms with van der Waals surface area (Å²) in [6.07, 6.45) is 3.62. The molecule has 2 aliphatic rings. The number of fused-ring (bicyclic) bond motifs is 1. The minimum absolute atomic E-state index is 0.00653. The van der Waals surface area contributed by atoms with E-state index in [1.165, 1.54) is 0 Å². The molecule has 7 heteroatoms. The molecule has 2 aromatic rings. The van der Waals surface area contributed by atoms with Gasteiger partial charge in [-0.15, -0.1) is 0 Å². The Kier molecular flexibility index (Phi) is 4.07. The topological polar surface area (TPSA) is 70.5 Å². The van der Waals surface area contributed by atoms with Gasteiger partial charge in [0.05, 0.1) is 23.4 Å². The molecule has 1 aromatic heterocycles. The van der Waals surface area contributed by atoms with E-state index in [0.717, 1.165) is 37.0 Å². The highest BCUT2D eigenvalue weighted by Crippen LogP contribution is 2.23. The lowest BCUT2D eigenvalue weighted by Gasteiger charge is -2.38. The number of piperidine rings is 1. The summed E-state index contributed by atoms with van der Waals surface area (Å²) in [7, 11) is 0. The van der Waals surface area contributed by atoms with Crippen molar-refractivity contribution in [2.75, 3.05) is 26.2 Å². The number of hydrogen-bond acceptors (Lipinski definition) is 3. The molecule has 132 valence electrons. The highest BCUT2D eigenvalue weighted by atomic mass is 16.2. The number of amides is 3. The van der Waals surface area contributed by atoms with Crippen molar-refractivity contribution in [2.24, 2.45) is 0 Å². The number of rotatable bonds is 3. The lowest BCUT2D eigenvalue weighted by atomic mass is 10.0. The van der Waals surface area contributed by atoms with Gasteiger partial charge in [-0.2, -0.15) is 0 Å². The predicted octanol–water partition coefficient (Wildman–Crippen LogP) is 1.61. The van der Waals surface area contributed by atoms with Crippen LogP contribution in [0.15, 0.2) is 30.6 Å². The highest BCUT2D eigenvalue weighted by Gasteiger charge is 2.34. The van der Waals surface area contributed by atoms with E-state index < -0.39 is 0 Å². The molecule has 2 atom stereocenters. The number of aromatic nitrogens is 2. The number of carbonyl (C=O) groups is 2. The van der Waals surface area contributed by atoms with Gasteiger partial charge in [0.15, 0.2) is 0 Å². The molecule has 2 saturated heterocycles. The van der Waals surface area contributed by atoms with Gasteiger partial charge in [-0.1, -0.05) is 12.1 Å². The molecular weight excluding hydrogens is 318 g/mol. The zero-order chi connectivity index (χ0) is 17.4. The molecule has 3 heterocycles. The Bertz CT molecular complexity index is 802. The zero-order valence-electron chi connectivity index (χ0n) is 14.4. The molecule has 25 heavy (non-hydrogen) atoms. The van der Waals surface area contributed by atoms with Gasteiger partial charge in [-0.3, -0.25) is 4.79 Å². The van der Waals surface area contributed by atoms with Crippen LogP contribution in [0.3, 0.4) is 0 Å². The van der Waals surface area contributed by atoms with Gasteiger partial charge in [0.2, 0.25) is 5.91 Å². The van der Waals surface area contributed by atoms with E-state index >= 15 is 0 Å². The minimum atomic E-state index is -0.307. The summed E-state index contributed by atoms with van der Waals surface area (Å²) in [5, 5.41) is 2.85. The van der Waals surface area contributed by atoms with E-state index in [4.69, 9.17) is 0 Å². The van der Waals surface area contributed by atoms with E-state index in [9.17, 15) is 9.59 Å². The fourth-order valence-corrected chi connectivity index (χ4v) is 3.91. The summed E-state index contributed by atoms with van der Waals surface area (Å²) < 4.78 is 1.93. The van der Waals surface area contributed by atoms with Crippen LogP contribution in [0.4, 0.5) is 4.79 Å². The van der Waals surface area contributed by atoms with Gasteiger partial charge >= 0.3 is 6.03 Å². The molecule has 0 bridgehead atoms. The van der Waals surface area contributed by atoms with E-state index in [-0.39, 0.29) is 24.0 Å². The van der Waals surface area contributed by atoms with Crippen LogP contribution in [0.25, 0.3) is 11.0 Å². The molecule has 2 unspecified atom stereocenters. The normalized spacial score (nSPS) is 22.3. The SMILES string of the molecule is CC(C(=O)N1CCCC(N2CCNC2=O)C1)n1cnc2ccccc21. The number of nitrogens with zero attached hydrogens (tertiary/aromatic N) is 4. The van der Waals surface area contributed by atoms with Crippen molar-refractivity contribution in [3.05, 3.63) is 30.6 Å². The average Bonchev–Trinajstić information content (AvgIpc) is 3.26. The largest absolute Gasteiger partial charge is 0.339 e. The molecule has 0 spiro atoms. The van der Waals surface area contributed by atoms with Gasteiger partial charge < -0.3 is 19.7 Å². The van der Waals surface area contributed by atoms with Crippen LogP contribution >= 0.6 is 0 Å². The summed E-state index contributed by atoms with van der Waals surface area (Å²) in [6.45, 7) is 4.71. The Labute approximate surface area is 146 Å². The second-order valence-electron chi connectivity index (χ2n) is 6.82. The number of nitrogens with one attached hydrogen (secondary N) is 1. The molecule has 3 amide bonds. The Hall–Kier alpha value is -2.57. The van der Waals surface area contributed by atoms with Gasteiger partial charge in [0, 0.05) is 26.2 Å². The maximum absolute atomic E-state index is 13.0. The average molecular weight is 341 g/mol. The smallest absolute Gasteiger partial charge is 0.317 e. The van der Waals surface area contributed by atoms with E-state index in [0.29, 0.717) is 13.1 Å². The first-order valence-corrected chi connectivity index (χ1v) is 8.90. The summed E-state index contributed by atoms with van der Waals surface area (Å²) in [4.78, 5) is 33.1. The lowest BCUT2D eigenvalue weighted by Crippen LogP contribution is -2.51. The first-order valence-electron chi connectivity index (χ1n) is 8.90. The molecule has 0 aliphatic carbocycles. The van der Waals surface area contributed by atoms with Crippen LogP contribution < -0.4 is 5.32 Å². The number of benzene rings is 1. The molecule has 0 saturated carbocycles. The second-order valence-corrected chi connectivity index (χ2v) is 6.82. The van der Waals surface area contributed by atoms with Crippen LogP contribution in [0.2, 0.25) is 0 Å². The van der Waals surface area contributed by atoms with Gasteiger partial charge in [-0.25, -0.2) is 9.78 Å². The second kappa shape index (κ2) is 6.38. The molecule has 1 N–H and O–H groups in total. The van der Waals surface area contributed by atoms with Gasteiger partial charge in [-0.05, 0) is 31.9 Å². The van der Waals surface area contributed by atoms with Crippen LogP contribution in [0.5, 0.6) is 0 Å². The monoisotopic (exact) mass is 341 g/mol. The van der Waals surface area contributed by atoms with Crippen LogP contribution in [-0.2, 0) is 4.79 Å². The van der Waals surface area contributed by atoms with Gasteiger partial charge in [0.25, 0.3) is 0 Å². The molecule has 7 nitrogen and oxygen atoms in total. The van der Waals surface area contributed by atoms with E-state index in [1.807, 2.05) is 45.6 Å². The molecule has 0 radical (unpaired) electrons. The molecule has 4 rings (SSSR count). The minimum Gasteiger partial charge on any atom is -0.339 e. The van der Waals surface area contributed by atoms with Gasteiger partial charge in [0.1, 0.15) is 6.04 Å². The fraction of sp³-hybridized carbons (Fsp3) is 0.500. The number of likely N-dealkylation sites (tertiary alicyclic amines) is 1. The van der Waals surface area contributed by atoms with Crippen molar-refractivity contribution >= 4 is 23.0 Å². The maximum Gasteiger partial charge on any atom is 0.317 e. The maximum atomic E-state index is 13.0. The van der Waals surface area contributed by atoms with Crippen molar-refractivity contribution in [3.63, 3.8) is 0 Å². The zero-order valence-corrected chi connectivity index (χ0v) is 14.4. The Morgan fingerprint density at radius 2 is 2.16 bits per heavy atom.